The summed E-state index contributed by atoms with van der Waals surface area (Å²) < 4.78 is 18.1. The lowest BCUT2D eigenvalue weighted by Crippen LogP contribution is -2.06. The Hall–Kier alpha value is -2.39. The number of nitrogens with zero attached hydrogens (tertiary/aromatic N) is 2. The van der Waals surface area contributed by atoms with E-state index in [0.29, 0.717) is 5.56 Å². The fourth-order valence-corrected chi connectivity index (χ4v) is 1.24. The molecule has 0 aliphatic heterocycles. The summed E-state index contributed by atoms with van der Waals surface area (Å²) in [6.45, 7) is 0. The Balaban J connectivity index is 2.49. The zero-order valence-electron chi connectivity index (χ0n) is 8.07. The largest absolute Gasteiger partial charge is 0.418 e. The van der Waals surface area contributed by atoms with Gasteiger partial charge in [0.25, 0.3) is 0 Å². The minimum Gasteiger partial charge on any atom is -0.418 e. The Morgan fingerprint density at radius 2 is 2.31 bits per heavy atom. The molecule has 0 bridgehead atoms. The molecule has 0 saturated heterocycles. The Bertz CT molecular complexity index is 558. The van der Waals surface area contributed by atoms with Crippen LogP contribution in [0.5, 0.6) is 0 Å². The van der Waals surface area contributed by atoms with Gasteiger partial charge in [0, 0.05) is 5.56 Å². The molecule has 0 saturated carbocycles. The van der Waals surface area contributed by atoms with E-state index in [4.69, 9.17) is 15.5 Å². The van der Waals surface area contributed by atoms with Crippen LogP contribution in [0.3, 0.4) is 0 Å². The number of nitriles is 1. The van der Waals surface area contributed by atoms with E-state index in [-0.39, 0.29) is 17.5 Å². The molecule has 1 aromatic heterocycles. The first-order valence-corrected chi connectivity index (χ1v) is 4.38. The van der Waals surface area contributed by atoms with Crippen molar-refractivity contribution in [3.05, 3.63) is 35.8 Å². The van der Waals surface area contributed by atoms with Crippen molar-refractivity contribution in [2.24, 2.45) is 5.84 Å². The number of rotatable bonds is 2. The molecule has 2 rings (SSSR count). The Kier molecular flexibility index (Phi) is 2.54. The minimum absolute atomic E-state index is 0.0294. The monoisotopic (exact) mass is 218 g/mol. The van der Waals surface area contributed by atoms with E-state index in [9.17, 15) is 4.39 Å². The van der Waals surface area contributed by atoms with Gasteiger partial charge >= 0.3 is 0 Å². The van der Waals surface area contributed by atoms with Crippen LogP contribution in [0.25, 0.3) is 11.5 Å². The maximum atomic E-state index is 12.9. The first-order valence-electron chi connectivity index (χ1n) is 4.38. The number of hydrazine groups is 1. The molecule has 0 atom stereocenters. The third-order valence-corrected chi connectivity index (χ3v) is 1.94. The highest BCUT2D eigenvalue weighted by atomic mass is 19.1. The van der Waals surface area contributed by atoms with Crippen LogP contribution >= 0.6 is 0 Å². The quantitative estimate of drug-likeness (QED) is 0.590. The average molecular weight is 218 g/mol. The average Bonchev–Trinajstić information content (AvgIpc) is 2.72. The van der Waals surface area contributed by atoms with E-state index in [1.165, 1.54) is 18.2 Å². The third kappa shape index (κ3) is 1.71. The molecule has 1 heterocycles. The highest BCUT2D eigenvalue weighted by Gasteiger charge is 2.13. The second-order valence-corrected chi connectivity index (χ2v) is 2.96. The summed E-state index contributed by atoms with van der Waals surface area (Å²) in [6.07, 6.45) is 0. The fourth-order valence-electron chi connectivity index (χ4n) is 1.24. The Morgan fingerprint density at radius 1 is 1.50 bits per heavy atom. The second kappa shape index (κ2) is 4.00. The lowest BCUT2D eigenvalue weighted by molar-refractivity contribution is 0.584. The van der Waals surface area contributed by atoms with Gasteiger partial charge < -0.3 is 4.42 Å². The van der Waals surface area contributed by atoms with Gasteiger partial charge in [0.1, 0.15) is 11.9 Å². The van der Waals surface area contributed by atoms with Crippen LogP contribution in [0.15, 0.2) is 28.7 Å². The maximum Gasteiger partial charge on any atom is 0.246 e. The molecule has 0 unspecified atom stereocenters. The number of oxazole rings is 1. The van der Waals surface area contributed by atoms with Crippen LogP contribution < -0.4 is 11.3 Å². The molecular formula is C10H7FN4O. The van der Waals surface area contributed by atoms with Crippen LogP contribution in [0.1, 0.15) is 5.69 Å². The van der Waals surface area contributed by atoms with Crippen LogP contribution in [0, 0.1) is 17.1 Å². The highest BCUT2D eigenvalue weighted by Crippen LogP contribution is 2.24. The summed E-state index contributed by atoms with van der Waals surface area (Å²) >= 11 is 0. The maximum absolute atomic E-state index is 12.9. The standard InChI is InChI=1S/C10H7FN4O/c11-7-3-1-2-6(4-7)9-14-8(5-12)10(15-13)16-9/h1-4,15H,13H2. The first-order chi connectivity index (χ1) is 7.74. The summed E-state index contributed by atoms with van der Waals surface area (Å²) in [4.78, 5) is 3.87. The Labute approximate surface area is 90.3 Å². The number of anilines is 1. The van der Waals surface area contributed by atoms with E-state index in [0.717, 1.165) is 0 Å². The summed E-state index contributed by atoms with van der Waals surface area (Å²) in [5.41, 5.74) is 2.68. The van der Waals surface area contributed by atoms with E-state index in [2.05, 4.69) is 10.4 Å². The molecule has 0 aliphatic rings. The van der Waals surface area contributed by atoms with Crippen molar-refractivity contribution in [1.82, 2.24) is 4.98 Å². The second-order valence-electron chi connectivity index (χ2n) is 2.96. The first kappa shape index (κ1) is 10.1. The van der Waals surface area contributed by atoms with Gasteiger partial charge in [0.2, 0.25) is 17.5 Å². The number of hydrogen-bond acceptors (Lipinski definition) is 5. The number of nitrogens with one attached hydrogen (secondary N) is 1. The summed E-state index contributed by atoms with van der Waals surface area (Å²) in [7, 11) is 0. The molecule has 0 spiro atoms. The van der Waals surface area contributed by atoms with E-state index >= 15 is 0 Å². The van der Waals surface area contributed by atoms with Crippen molar-refractivity contribution >= 4 is 5.88 Å². The van der Waals surface area contributed by atoms with Gasteiger partial charge in [-0.15, -0.1) is 0 Å². The lowest BCUT2D eigenvalue weighted by Gasteiger charge is -1.94. The Morgan fingerprint density at radius 3 is 2.88 bits per heavy atom. The molecule has 80 valence electrons. The number of nitrogen functional groups attached to an aromatic ring is 1. The molecule has 2 aromatic rings. The number of benzene rings is 1. The number of hydrogen-bond donors (Lipinski definition) is 2. The zero-order chi connectivity index (χ0) is 11.5. The topological polar surface area (TPSA) is 87.9 Å². The molecule has 0 fully saturated rings. The molecule has 16 heavy (non-hydrogen) atoms. The normalized spacial score (nSPS) is 9.81. The van der Waals surface area contributed by atoms with Gasteiger partial charge in [-0.3, -0.25) is 5.43 Å². The van der Waals surface area contributed by atoms with Gasteiger partial charge in [0.05, 0.1) is 0 Å². The predicted octanol–water partition coefficient (Wildman–Crippen LogP) is 1.64. The van der Waals surface area contributed by atoms with Crippen LogP contribution in [0.2, 0.25) is 0 Å². The summed E-state index contributed by atoms with van der Waals surface area (Å²) in [5.74, 6) is 4.93. The van der Waals surface area contributed by atoms with Crippen molar-refractivity contribution in [1.29, 1.82) is 5.26 Å². The molecule has 1 aromatic carbocycles. The van der Waals surface area contributed by atoms with Gasteiger partial charge in [0.15, 0.2) is 0 Å². The van der Waals surface area contributed by atoms with Crippen molar-refractivity contribution in [2.75, 3.05) is 5.43 Å². The molecule has 0 radical (unpaired) electrons. The molecule has 6 heteroatoms. The van der Waals surface area contributed by atoms with Crippen molar-refractivity contribution in [3.63, 3.8) is 0 Å². The van der Waals surface area contributed by atoms with E-state index in [1.54, 1.807) is 6.07 Å². The van der Waals surface area contributed by atoms with E-state index < -0.39 is 5.82 Å². The van der Waals surface area contributed by atoms with Crippen LogP contribution in [0.4, 0.5) is 10.3 Å². The lowest BCUT2D eigenvalue weighted by atomic mass is 10.2. The molecule has 3 N–H and O–H groups in total. The van der Waals surface area contributed by atoms with Gasteiger partial charge in [-0.2, -0.15) is 10.2 Å². The SMILES string of the molecule is N#Cc1nc(-c2cccc(F)c2)oc1NN. The smallest absolute Gasteiger partial charge is 0.246 e. The molecule has 5 nitrogen and oxygen atoms in total. The number of nitrogens with two attached hydrogens (primary N) is 1. The number of aromatic nitrogens is 1. The zero-order valence-corrected chi connectivity index (χ0v) is 8.07. The van der Waals surface area contributed by atoms with Crippen molar-refractivity contribution < 1.29 is 8.81 Å². The van der Waals surface area contributed by atoms with Crippen LogP contribution in [-0.2, 0) is 0 Å². The molecule has 0 amide bonds. The highest BCUT2D eigenvalue weighted by molar-refractivity contribution is 5.58. The molecular weight excluding hydrogens is 211 g/mol. The number of halogens is 1. The fraction of sp³-hybridized carbons (Fsp3) is 0. The summed E-state index contributed by atoms with van der Waals surface area (Å²) in [6, 6.07) is 7.52. The third-order valence-electron chi connectivity index (χ3n) is 1.94. The minimum atomic E-state index is -0.406. The summed E-state index contributed by atoms with van der Waals surface area (Å²) in [5, 5.41) is 8.72. The van der Waals surface area contributed by atoms with Crippen molar-refractivity contribution in [3.8, 4) is 17.5 Å². The van der Waals surface area contributed by atoms with Gasteiger partial charge in [-0.1, -0.05) is 6.07 Å². The van der Waals surface area contributed by atoms with Crippen molar-refractivity contribution in [2.45, 2.75) is 0 Å². The van der Waals surface area contributed by atoms with Crippen LogP contribution in [-0.4, -0.2) is 4.98 Å². The predicted molar refractivity (Wildman–Crippen MR) is 54.4 cm³/mol. The molecule has 0 aliphatic carbocycles. The van der Waals surface area contributed by atoms with Gasteiger partial charge in [-0.25, -0.2) is 10.2 Å². The van der Waals surface area contributed by atoms with E-state index in [1.807, 2.05) is 6.07 Å². The van der Waals surface area contributed by atoms with Gasteiger partial charge in [-0.05, 0) is 18.2 Å².